The molecule has 0 aromatic heterocycles. The predicted molar refractivity (Wildman–Crippen MR) is 107 cm³/mol. The molecule has 0 N–H and O–H groups in total. The van der Waals surface area contributed by atoms with Crippen molar-refractivity contribution in [1.29, 1.82) is 0 Å². The molecular formula is C19H29N3O2S. The van der Waals surface area contributed by atoms with Crippen LogP contribution in [0.2, 0.25) is 0 Å². The Hall–Kier alpha value is -1.56. The van der Waals surface area contributed by atoms with E-state index in [0.29, 0.717) is 17.9 Å². The Kier molecular flexibility index (Phi) is 6.49. The zero-order chi connectivity index (χ0) is 18.7. The molecule has 1 aromatic rings. The molecule has 1 aromatic carbocycles. The summed E-state index contributed by atoms with van der Waals surface area (Å²) in [6.45, 7) is 13.8. The monoisotopic (exact) mass is 363 g/mol. The third kappa shape index (κ3) is 4.97. The lowest BCUT2D eigenvalue weighted by Crippen LogP contribution is -2.37. The number of benzene rings is 1. The van der Waals surface area contributed by atoms with Gasteiger partial charge in [0.2, 0.25) is 0 Å². The van der Waals surface area contributed by atoms with E-state index >= 15 is 0 Å². The molecule has 25 heavy (non-hydrogen) atoms. The SMILES string of the molecule is Cc1cc([N+](=O)[O-])cc(C)c1N=C1SC[C@H](CC(C)C)N1CC(C)C. The molecule has 0 aliphatic carbocycles. The summed E-state index contributed by atoms with van der Waals surface area (Å²) >= 11 is 1.81. The van der Waals surface area contributed by atoms with Crippen molar-refractivity contribution < 1.29 is 4.92 Å². The minimum atomic E-state index is -0.342. The number of hydrogen-bond acceptors (Lipinski definition) is 4. The standard InChI is InChI=1S/C19H29N3O2S/c1-12(2)7-17-11-25-19(21(17)10-13(3)4)20-18-14(5)8-16(22(23)24)9-15(18)6/h8-9,12-13,17H,7,10-11H2,1-6H3/t17-/m0/s1. The highest BCUT2D eigenvalue weighted by Gasteiger charge is 2.31. The molecular weight excluding hydrogens is 334 g/mol. The summed E-state index contributed by atoms with van der Waals surface area (Å²) in [5.74, 6) is 2.29. The van der Waals surface area contributed by atoms with Crippen LogP contribution < -0.4 is 0 Å². The Labute approximate surface area is 155 Å². The summed E-state index contributed by atoms with van der Waals surface area (Å²) in [6.07, 6.45) is 1.16. The molecule has 6 heteroatoms. The molecule has 0 amide bonds. The third-order valence-corrected chi connectivity index (χ3v) is 5.43. The second-order valence-corrected chi connectivity index (χ2v) is 8.71. The molecule has 2 rings (SSSR count). The van der Waals surface area contributed by atoms with Gasteiger partial charge in [0, 0.05) is 30.5 Å². The average molecular weight is 364 g/mol. The minimum absolute atomic E-state index is 0.134. The molecule has 0 unspecified atom stereocenters. The highest BCUT2D eigenvalue weighted by Crippen LogP contribution is 2.34. The molecule has 0 bridgehead atoms. The predicted octanol–water partition coefficient (Wildman–Crippen LogP) is 5.32. The van der Waals surface area contributed by atoms with Crippen molar-refractivity contribution in [2.45, 2.75) is 54.0 Å². The van der Waals surface area contributed by atoms with Gasteiger partial charge >= 0.3 is 0 Å². The van der Waals surface area contributed by atoms with Crippen molar-refractivity contribution in [3.8, 4) is 0 Å². The van der Waals surface area contributed by atoms with Crippen LogP contribution in [0.4, 0.5) is 11.4 Å². The number of nitrogens with zero attached hydrogens (tertiary/aromatic N) is 3. The fourth-order valence-electron chi connectivity index (χ4n) is 3.27. The van der Waals surface area contributed by atoms with Crippen LogP contribution in [0.1, 0.15) is 45.2 Å². The fraction of sp³-hybridized carbons (Fsp3) is 0.632. The molecule has 1 saturated heterocycles. The third-order valence-electron chi connectivity index (χ3n) is 4.29. The van der Waals surface area contributed by atoms with Gasteiger partial charge in [-0.1, -0.05) is 39.5 Å². The van der Waals surface area contributed by atoms with Gasteiger partial charge in [-0.3, -0.25) is 10.1 Å². The van der Waals surface area contributed by atoms with Gasteiger partial charge in [0.15, 0.2) is 5.17 Å². The summed E-state index contributed by atoms with van der Waals surface area (Å²) in [4.78, 5) is 18.1. The van der Waals surface area contributed by atoms with E-state index in [1.54, 1.807) is 12.1 Å². The van der Waals surface area contributed by atoms with Crippen LogP contribution in [-0.4, -0.2) is 33.3 Å². The Morgan fingerprint density at radius 1 is 1.24 bits per heavy atom. The number of rotatable bonds is 6. The Bertz CT molecular complexity index is 648. The number of nitro groups is 1. The minimum Gasteiger partial charge on any atom is -0.347 e. The van der Waals surface area contributed by atoms with E-state index in [1.165, 1.54) is 0 Å². The van der Waals surface area contributed by atoms with Gasteiger partial charge < -0.3 is 4.90 Å². The summed E-state index contributed by atoms with van der Waals surface area (Å²) in [5, 5.41) is 12.1. The second-order valence-electron chi connectivity index (χ2n) is 7.72. The number of aryl methyl sites for hydroxylation is 2. The lowest BCUT2D eigenvalue weighted by atomic mass is 10.0. The molecule has 1 heterocycles. The van der Waals surface area contributed by atoms with Gasteiger partial charge in [-0.05, 0) is 43.2 Å². The highest BCUT2D eigenvalue weighted by atomic mass is 32.2. The zero-order valence-electron chi connectivity index (χ0n) is 16.1. The van der Waals surface area contributed by atoms with Crippen molar-refractivity contribution in [3.05, 3.63) is 33.4 Å². The van der Waals surface area contributed by atoms with Crippen molar-refractivity contribution in [3.63, 3.8) is 0 Å². The first-order valence-corrected chi connectivity index (χ1v) is 9.91. The van der Waals surface area contributed by atoms with E-state index in [4.69, 9.17) is 4.99 Å². The van der Waals surface area contributed by atoms with E-state index < -0.39 is 0 Å². The first kappa shape index (κ1) is 19.8. The summed E-state index contributed by atoms with van der Waals surface area (Å²) in [5.41, 5.74) is 2.72. The second kappa shape index (κ2) is 8.21. The van der Waals surface area contributed by atoms with E-state index in [-0.39, 0.29) is 10.6 Å². The molecule has 0 spiro atoms. The quantitative estimate of drug-likeness (QED) is 0.507. The fourth-order valence-corrected chi connectivity index (χ4v) is 4.47. The van der Waals surface area contributed by atoms with Crippen molar-refractivity contribution in [2.24, 2.45) is 16.8 Å². The van der Waals surface area contributed by atoms with Gasteiger partial charge in [0.05, 0.1) is 10.6 Å². The van der Waals surface area contributed by atoms with Gasteiger partial charge in [0.25, 0.3) is 5.69 Å². The number of aliphatic imine (C=N–C) groups is 1. The van der Waals surface area contributed by atoms with Crippen LogP contribution >= 0.6 is 11.8 Å². The van der Waals surface area contributed by atoms with Crippen molar-refractivity contribution >= 4 is 28.3 Å². The number of nitro benzene ring substituents is 1. The number of amidine groups is 1. The van der Waals surface area contributed by atoms with Crippen LogP contribution in [-0.2, 0) is 0 Å². The summed E-state index contributed by atoms with van der Waals surface area (Å²) in [7, 11) is 0. The van der Waals surface area contributed by atoms with E-state index in [0.717, 1.165) is 40.7 Å². The molecule has 1 aliphatic heterocycles. The zero-order valence-corrected chi connectivity index (χ0v) is 16.9. The van der Waals surface area contributed by atoms with Crippen LogP contribution in [0.5, 0.6) is 0 Å². The Balaban J connectivity index is 2.36. The topological polar surface area (TPSA) is 58.7 Å². The lowest BCUT2D eigenvalue weighted by molar-refractivity contribution is -0.384. The van der Waals surface area contributed by atoms with Crippen molar-refractivity contribution in [2.75, 3.05) is 12.3 Å². The smallest absolute Gasteiger partial charge is 0.270 e. The maximum Gasteiger partial charge on any atom is 0.270 e. The first-order valence-electron chi connectivity index (χ1n) is 8.92. The first-order chi connectivity index (χ1) is 11.7. The molecule has 0 saturated carbocycles. The van der Waals surface area contributed by atoms with E-state index in [9.17, 15) is 10.1 Å². The maximum absolute atomic E-state index is 11.0. The normalized spacial score (nSPS) is 19.4. The molecule has 1 atom stereocenters. The van der Waals surface area contributed by atoms with Gasteiger partial charge in [-0.25, -0.2) is 4.99 Å². The van der Waals surface area contributed by atoms with Gasteiger partial charge in [0.1, 0.15) is 0 Å². The largest absolute Gasteiger partial charge is 0.347 e. The Morgan fingerprint density at radius 2 is 1.84 bits per heavy atom. The van der Waals surface area contributed by atoms with E-state index in [1.807, 2.05) is 25.6 Å². The van der Waals surface area contributed by atoms with E-state index in [2.05, 4.69) is 32.6 Å². The highest BCUT2D eigenvalue weighted by molar-refractivity contribution is 8.14. The molecule has 1 aliphatic rings. The molecule has 1 fully saturated rings. The Morgan fingerprint density at radius 3 is 2.32 bits per heavy atom. The van der Waals surface area contributed by atoms with Crippen LogP contribution in [0, 0.1) is 35.8 Å². The lowest BCUT2D eigenvalue weighted by Gasteiger charge is -2.29. The number of hydrogen-bond donors (Lipinski definition) is 0. The maximum atomic E-state index is 11.0. The average Bonchev–Trinajstić information content (AvgIpc) is 2.83. The molecule has 138 valence electrons. The van der Waals surface area contributed by atoms with Crippen molar-refractivity contribution in [1.82, 2.24) is 4.90 Å². The number of thioether (sulfide) groups is 1. The van der Waals surface area contributed by atoms with Crippen LogP contribution in [0.15, 0.2) is 17.1 Å². The van der Waals surface area contributed by atoms with Gasteiger partial charge in [-0.15, -0.1) is 0 Å². The van der Waals surface area contributed by atoms with Crippen LogP contribution in [0.3, 0.4) is 0 Å². The van der Waals surface area contributed by atoms with Crippen LogP contribution in [0.25, 0.3) is 0 Å². The molecule has 0 radical (unpaired) electrons. The molecule has 5 nitrogen and oxygen atoms in total. The summed E-state index contributed by atoms with van der Waals surface area (Å²) < 4.78 is 0. The van der Waals surface area contributed by atoms with Gasteiger partial charge in [-0.2, -0.15) is 0 Å². The number of non-ortho nitro benzene ring substituents is 1. The summed E-state index contributed by atoms with van der Waals surface area (Å²) in [6, 6.07) is 3.75.